The molecule has 9 nitrogen and oxygen atoms in total. The Morgan fingerprint density at radius 1 is 0.931 bits per heavy atom. The maximum Gasteiger partial charge on any atom is 0.224 e. The van der Waals surface area contributed by atoms with Gasteiger partial charge in [0.1, 0.15) is 5.52 Å². The molecule has 0 radical (unpaired) electrons. The van der Waals surface area contributed by atoms with E-state index in [9.17, 15) is 10.2 Å². The lowest BCUT2D eigenvalue weighted by Crippen LogP contribution is -2.28. The fourth-order valence-corrected chi connectivity index (χ4v) is 4.04. The van der Waals surface area contributed by atoms with Crippen molar-refractivity contribution < 1.29 is 10.2 Å². The summed E-state index contributed by atoms with van der Waals surface area (Å²) in [5, 5.41) is 31.7. The predicted octanol–water partition coefficient (Wildman–Crippen LogP) is 3.02. The zero-order valence-corrected chi connectivity index (χ0v) is 15.7. The Morgan fingerprint density at radius 3 is 2.48 bits per heavy atom. The van der Waals surface area contributed by atoms with Gasteiger partial charge in [0, 0.05) is 36.5 Å². The zero-order chi connectivity index (χ0) is 19.8. The highest BCUT2D eigenvalue weighted by Crippen LogP contribution is 2.36. The molecular formula is C20H21N7O2. The van der Waals surface area contributed by atoms with Crippen LogP contribution in [0, 0.1) is 0 Å². The SMILES string of the molecule is Oc1ccc(O)n1C1CCC(Nc2nccc(-n3nnc4ccccc43)n2)CC1. The van der Waals surface area contributed by atoms with Crippen LogP contribution >= 0.6 is 0 Å². The second kappa shape index (κ2) is 7.08. The van der Waals surface area contributed by atoms with Gasteiger partial charge in [-0.25, -0.2) is 4.98 Å². The van der Waals surface area contributed by atoms with E-state index in [1.165, 1.54) is 12.1 Å². The lowest BCUT2D eigenvalue weighted by molar-refractivity contribution is 0.273. The summed E-state index contributed by atoms with van der Waals surface area (Å²) >= 11 is 0. The van der Waals surface area contributed by atoms with E-state index >= 15 is 0 Å². The van der Waals surface area contributed by atoms with E-state index in [-0.39, 0.29) is 23.8 Å². The van der Waals surface area contributed by atoms with E-state index in [4.69, 9.17) is 0 Å². The number of nitrogens with zero attached hydrogens (tertiary/aromatic N) is 6. The molecule has 0 unspecified atom stereocenters. The van der Waals surface area contributed by atoms with Gasteiger partial charge in [-0.1, -0.05) is 17.3 Å². The molecule has 1 aliphatic carbocycles. The highest BCUT2D eigenvalue weighted by molar-refractivity contribution is 5.75. The number of aromatic nitrogens is 6. The molecule has 0 spiro atoms. The van der Waals surface area contributed by atoms with Crippen LogP contribution in [0.2, 0.25) is 0 Å². The summed E-state index contributed by atoms with van der Waals surface area (Å²) in [6, 6.07) is 12.9. The van der Waals surface area contributed by atoms with Gasteiger partial charge in [0.25, 0.3) is 0 Å². The number of para-hydroxylation sites is 1. The average Bonchev–Trinajstić information content (AvgIpc) is 3.32. The molecule has 3 heterocycles. The average molecular weight is 391 g/mol. The van der Waals surface area contributed by atoms with Crippen LogP contribution in [0.25, 0.3) is 16.9 Å². The van der Waals surface area contributed by atoms with Gasteiger partial charge in [-0.05, 0) is 37.8 Å². The molecule has 1 aliphatic rings. The van der Waals surface area contributed by atoms with Gasteiger partial charge < -0.3 is 15.5 Å². The topological polar surface area (TPSA) is 114 Å². The van der Waals surface area contributed by atoms with E-state index in [1.807, 2.05) is 24.3 Å². The first-order valence-electron chi connectivity index (χ1n) is 9.68. The molecule has 0 atom stereocenters. The molecule has 3 aromatic heterocycles. The normalized spacial score (nSPS) is 19.4. The number of aromatic hydroxyl groups is 2. The third kappa shape index (κ3) is 3.24. The Hall–Kier alpha value is -3.62. The van der Waals surface area contributed by atoms with E-state index in [0.29, 0.717) is 11.8 Å². The van der Waals surface area contributed by atoms with Gasteiger partial charge in [0.2, 0.25) is 5.95 Å². The first-order chi connectivity index (χ1) is 14.2. The monoisotopic (exact) mass is 391 g/mol. The number of nitrogens with one attached hydrogen (secondary N) is 1. The van der Waals surface area contributed by atoms with Crippen LogP contribution in [-0.2, 0) is 0 Å². The third-order valence-electron chi connectivity index (χ3n) is 5.48. The molecule has 1 saturated carbocycles. The zero-order valence-electron chi connectivity index (χ0n) is 15.7. The summed E-state index contributed by atoms with van der Waals surface area (Å²) in [5.41, 5.74) is 1.71. The highest BCUT2D eigenvalue weighted by atomic mass is 16.3. The molecule has 148 valence electrons. The standard InChI is InChI=1S/C20H21N7O2/c28-18-9-10-19(29)26(18)14-7-5-13(6-8-14)22-20-21-12-11-17(23-20)27-16-4-2-1-3-15(16)24-25-27/h1-4,9-14,28-29H,5-8H2,(H,21,22,23). The first-order valence-corrected chi connectivity index (χ1v) is 9.68. The van der Waals surface area contributed by atoms with Crippen molar-refractivity contribution in [3.8, 4) is 17.6 Å². The van der Waals surface area contributed by atoms with Crippen LogP contribution in [0.4, 0.5) is 5.95 Å². The minimum Gasteiger partial charge on any atom is -0.494 e. The molecule has 29 heavy (non-hydrogen) atoms. The number of hydrogen-bond donors (Lipinski definition) is 3. The van der Waals surface area contributed by atoms with E-state index < -0.39 is 0 Å². The molecule has 3 N–H and O–H groups in total. The Bertz CT molecular complexity index is 1130. The number of rotatable bonds is 4. The smallest absolute Gasteiger partial charge is 0.224 e. The van der Waals surface area contributed by atoms with Crippen LogP contribution in [0.3, 0.4) is 0 Å². The highest BCUT2D eigenvalue weighted by Gasteiger charge is 2.25. The van der Waals surface area contributed by atoms with E-state index in [2.05, 4.69) is 25.6 Å². The maximum atomic E-state index is 9.93. The van der Waals surface area contributed by atoms with E-state index in [0.717, 1.165) is 36.7 Å². The molecular weight excluding hydrogens is 370 g/mol. The summed E-state index contributed by atoms with van der Waals surface area (Å²) in [4.78, 5) is 8.96. The molecule has 0 bridgehead atoms. The van der Waals surface area contributed by atoms with Crippen LogP contribution < -0.4 is 5.32 Å². The van der Waals surface area contributed by atoms with Crippen molar-refractivity contribution in [2.45, 2.75) is 37.8 Å². The number of anilines is 1. The summed E-state index contributed by atoms with van der Waals surface area (Å²) in [5.74, 6) is 1.43. The lowest BCUT2D eigenvalue weighted by atomic mass is 9.91. The summed E-state index contributed by atoms with van der Waals surface area (Å²) in [7, 11) is 0. The van der Waals surface area contributed by atoms with Crippen molar-refractivity contribution in [3.05, 3.63) is 48.7 Å². The van der Waals surface area contributed by atoms with Gasteiger partial charge in [-0.2, -0.15) is 9.67 Å². The van der Waals surface area contributed by atoms with Gasteiger partial charge >= 0.3 is 0 Å². The fraction of sp³-hybridized carbons (Fsp3) is 0.300. The molecule has 0 amide bonds. The number of fused-ring (bicyclic) bond motifs is 1. The van der Waals surface area contributed by atoms with Crippen LogP contribution in [-0.4, -0.2) is 45.8 Å². The Morgan fingerprint density at radius 2 is 1.69 bits per heavy atom. The Kier molecular flexibility index (Phi) is 4.27. The number of hydrogen-bond acceptors (Lipinski definition) is 7. The van der Waals surface area contributed by atoms with Gasteiger partial charge in [0.15, 0.2) is 17.6 Å². The van der Waals surface area contributed by atoms with Crippen molar-refractivity contribution >= 4 is 17.0 Å². The van der Waals surface area contributed by atoms with Gasteiger partial charge in [-0.3, -0.25) is 4.57 Å². The largest absolute Gasteiger partial charge is 0.494 e. The summed E-state index contributed by atoms with van der Waals surface area (Å²) in [6.07, 6.45) is 5.19. The minimum absolute atomic E-state index is 0.0943. The van der Waals surface area contributed by atoms with Gasteiger partial charge in [0.05, 0.1) is 5.52 Å². The van der Waals surface area contributed by atoms with Crippen molar-refractivity contribution in [1.82, 2.24) is 29.5 Å². The molecule has 0 aliphatic heterocycles. The summed E-state index contributed by atoms with van der Waals surface area (Å²) in [6.45, 7) is 0. The number of benzene rings is 1. The van der Waals surface area contributed by atoms with Crippen LogP contribution in [0.1, 0.15) is 31.7 Å². The van der Waals surface area contributed by atoms with Crippen molar-refractivity contribution in [1.29, 1.82) is 0 Å². The molecule has 0 saturated heterocycles. The predicted molar refractivity (Wildman–Crippen MR) is 107 cm³/mol. The second-order valence-corrected chi connectivity index (χ2v) is 7.30. The Labute approximate surface area is 166 Å². The second-order valence-electron chi connectivity index (χ2n) is 7.30. The molecule has 1 fully saturated rings. The molecule has 5 rings (SSSR count). The Balaban J connectivity index is 1.29. The van der Waals surface area contributed by atoms with Crippen molar-refractivity contribution in [2.24, 2.45) is 0 Å². The van der Waals surface area contributed by atoms with Crippen LogP contribution in [0.15, 0.2) is 48.7 Å². The molecule has 1 aromatic carbocycles. The van der Waals surface area contributed by atoms with Crippen molar-refractivity contribution in [2.75, 3.05) is 5.32 Å². The maximum absolute atomic E-state index is 9.93. The van der Waals surface area contributed by atoms with E-state index in [1.54, 1.807) is 21.5 Å². The first kappa shape index (κ1) is 17.5. The lowest BCUT2D eigenvalue weighted by Gasteiger charge is -2.30. The molecule has 4 aromatic rings. The summed E-state index contributed by atoms with van der Waals surface area (Å²) < 4.78 is 3.31. The van der Waals surface area contributed by atoms with Crippen LogP contribution in [0.5, 0.6) is 11.8 Å². The third-order valence-corrected chi connectivity index (χ3v) is 5.48. The quantitative estimate of drug-likeness (QED) is 0.490. The molecule has 9 heteroatoms. The van der Waals surface area contributed by atoms with Gasteiger partial charge in [-0.15, -0.1) is 5.10 Å². The minimum atomic E-state index is 0.0943. The van der Waals surface area contributed by atoms with Crippen molar-refractivity contribution in [3.63, 3.8) is 0 Å². The fourth-order valence-electron chi connectivity index (χ4n) is 4.04.